The fraction of sp³-hybridized carbons (Fsp3) is 0.500. The molecule has 6 nitrogen and oxygen atoms in total. The monoisotopic (exact) mass is 274 g/mol. The van der Waals surface area contributed by atoms with Crippen LogP contribution < -0.4 is 16.2 Å². The summed E-state index contributed by atoms with van der Waals surface area (Å²) in [6.45, 7) is 2.70. The normalized spacial score (nSPS) is 16.7. The third-order valence-electron chi connectivity index (χ3n) is 2.19. The van der Waals surface area contributed by atoms with E-state index in [-0.39, 0.29) is 15.8 Å². The second-order valence-corrected chi connectivity index (χ2v) is 3.98. The highest BCUT2D eigenvalue weighted by atomic mass is 79.9. The molecule has 0 atom stereocenters. The van der Waals surface area contributed by atoms with Crippen molar-refractivity contribution in [3.63, 3.8) is 0 Å². The van der Waals surface area contributed by atoms with Crippen LogP contribution in [0, 0.1) is 0 Å². The lowest BCUT2D eigenvalue weighted by Crippen LogP contribution is -2.38. The van der Waals surface area contributed by atoms with Crippen molar-refractivity contribution < 1.29 is 4.74 Å². The average Bonchev–Trinajstić information content (AvgIpc) is 2.26. The molecule has 0 aliphatic carbocycles. The molecule has 0 amide bonds. The van der Waals surface area contributed by atoms with E-state index >= 15 is 0 Å². The molecule has 1 saturated heterocycles. The minimum Gasteiger partial charge on any atom is -0.382 e. The minimum atomic E-state index is -0.260. The average molecular weight is 275 g/mol. The van der Waals surface area contributed by atoms with E-state index in [0.29, 0.717) is 32.3 Å². The number of aromatic nitrogens is 2. The van der Waals surface area contributed by atoms with E-state index in [2.05, 4.69) is 25.9 Å². The largest absolute Gasteiger partial charge is 0.382 e. The molecule has 0 spiro atoms. The molecule has 2 heterocycles. The van der Waals surface area contributed by atoms with Crippen molar-refractivity contribution in [1.82, 2.24) is 9.97 Å². The van der Waals surface area contributed by atoms with E-state index in [9.17, 15) is 4.79 Å². The van der Waals surface area contributed by atoms with Crippen LogP contribution in [0.4, 0.5) is 11.8 Å². The Bertz CT molecular complexity index is 414. The smallest absolute Gasteiger partial charge is 0.268 e. The van der Waals surface area contributed by atoms with E-state index in [4.69, 9.17) is 10.5 Å². The Hall–Kier alpha value is -1.08. The first kappa shape index (κ1) is 10.4. The zero-order valence-corrected chi connectivity index (χ0v) is 9.58. The second kappa shape index (κ2) is 4.19. The number of aromatic amines is 1. The number of nitrogen functional groups attached to an aromatic ring is 1. The van der Waals surface area contributed by atoms with E-state index < -0.39 is 0 Å². The Labute approximate surface area is 94.6 Å². The number of nitrogens with zero attached hydrogens (tertiary/aromatic N) is 2. The molecule has 82 valence electrons. The summed E-state index contributed by atoms with van der Waals surface area (Å²) >= 11 is 3.06. The molecule has 0 radical (unpaired) electrons. The molecule has 1 aliphatic rings. The number of halogens is 1. The zero-order chi connectivity index (χ0) is 10.8. The third kappa shape index (κ3) is 2.13. The number of H-pyrrole nitrogens is 1. The quantitative estimate of drug-likeness (QED) is 0.750. The maximum Gasteiger partial charge on any atom is 0.268 e. The fourth-order valence-electron chi connectivity index (χ4n) is 1.39. The van der Waals surface area contributed by atoms with Crippen molar-refractivity contribution in [3.8, 4) is 0 Å². The maximum atomic E-state index is 11.4. The summed E-state index contributed by atoms with van der Waals surface area (Å²) in [6, 6.07) is 0. The number of hydrogen-bond acceptors (Lipinski definition) is 5. The van der Waals surface area contributed by atoms with Gasteiger partial charge in [0.2, 0.25) is 5.95 Å². The summed E-state index contributed by atoms with van der Waals surface area (Å²) in [5, 5.41) is 0. The standard InChI is InChI=1S/C8H11BrN4O2/c9-5-6(10)11-8(12-7(5)14)13-1-3-15-4-2-13/h1-4H2,(H3,10,11,12,14). The molecule has 1 aromatic rings. The number of nitrogens with one attached hydrogen (secondary N) is 1. The van der Waals surface area contributed by atoms with Gasteiger partial charge in [0.15, 0.2) is 0 Å². The number of rotatable bonds is 1. The zero-order valence-electron chi connectivity index (χ0n) is 7.99. The maximum absolute atomic E-state index is 11.4. The first-order valence-corrected chi connectivity index (χ1v) is 5.36. The summed E-state index contributed by atoms with van der Waals surface area (Å²) in [6.07, 6.45) is 0. The van der Waals surface area contributed by atoms with Gasteiger partial charge < -0.3 is 15.4 Å². The number of morpholine rings is 1. The Kier molecular flexibility index (Phi) is 2.92. The molecular formula is C8H11BrN4O2. The van der Waals surface area contributed by atoms with Crippen molar-refractivity contribution in [2.24, 2.45) is 0 Å². The van der Waals surface area contributed by atoms with Gasteiger partial charge in [-0.05, 0) is 15.9 Å². The van der Waals surface area contributed by atoms with Crippen LogP contribution in [-0.4, -0.2) is 36.3 Å². The van der Waals surface area contributed by atoms with Crippen LogP contribution in [0.5, 0.6) is 0 Å². The van der Waals surface area contributed by atoms with Gasteiger partial charge in [-0.15, -0.1) is 0 Å². The number of nitrogens with two attached hydrogens (primary N) is 1. The first-order chi connectivity index (χ1) is 7.18. The van der Waals surface area contributed by atoms with Crippen molar-refractivity contribution in [3.05, 3.63) is 14.8 Å². The van der Waals surface area contributed by atoms with Gasteiger partial charge in [-0.3, -0.25) is 9.78 Å². The highest BCUT2D eigenvalue weighted by molar-refractivity contribution is 9.10. The molecule has 0 saturated carbocycles. The van der Waals surface area contributed by atoms with Gasteiger partial charge in [-0.25, -0.2) is 0 Å². The van der Waals surface area contributed by atoms with Gasteiger partial charge >= 0.3 is 0 Å². The van der Waals surface area contributed by atoms with Crippen LogP contribution in [-0.2, 0) is 4.74 Å². The SMILES string of the molecule is Nc1nc(N2CCOCC2)[nH]c(=O)c1Br. The lowest BCUT2D eigenvalue weighted by Gasteiger charge is -2.27. The van der Waals surface area contributed by atoms with Crippen LogP contribution >= 0.6 is 15.9 Å². The summed E-state index contributed by atoms with van der Waals surface area (Å²) in [5.41, 5.74) is 5.33. The van der Waals surface area contributed by atoms with Gasteiger partial charge in [0.05, 0.1) is 13.2 Å². The van der Waals surface area contributed by atoms with Gasteiger partial charge in [-0.1, -0.05) is 0 Å². The molecule has 3 N–H and O–H groups in total. The first-order valence-electron chi connectivity index (χ1n) is 4.56. The van der Waals surface area contributed by atoms with Crippen LogP contribution in [0.1, 0.15) is 0 Å². The Morgan fingerprint density at radius 2 is 2.13 bits per heavy atom. The summed E-state index contributed by atoms with van der Waals surface area (Å²) in [4.78, 5) is 20.1. The molecule has 0 aromatic carbocycles. The molecule has 15 heavy (non-hydrogen) atoms. The molecule has 7 heteroatoms. The third-order valence-corrected chi connectivity index (χ3v) is 2.95. The Morgan fingerprint density at radius 3 is 2.73 bits per heavy atom. The van der Waals surface area contributed by atoms with Gasteiger partial charge in [-0.2, -0.15) is 4.98 Å². The number of hydrogen-bond donors (Lipinski definition) is 2. The molecular weight excluding hydrogens is 264 g/mol. The summed E-state index contributed by atoms with van der Waals surface area (Å²) < 4.78 is 5.48. The van der Waals surface area contributed by atoms with E-state index in [0.717, 1.165) is 0 Å². The van der Waals surface area contributed by atoms with E-state index in [1.54, 1.807) is 0 Å². The van der Waals surface area contributed by atoms with Crippen molar-refractivity contribution >= 4 is 27.7 Å². The van der Waals surface area contributed by atoms with Gasteiger partial charge in [0.1, 0.15) is 10.3 Å². The lowest BCUT2D eigenvalue weighted by molar-refractivity contribution is 0.122. The van der Waals surface area contributed by atoms with Crippen LogP contribution in [0.3, 0.4) is 0 Å². The molecule has 1 fully saturated rings. The Morgan fingerprint density at radius 1 is 1.47 bits per heavy atom. The Balaban J connectivity index is 2.32. The van der Waals surface area contributed by atoms with Crippen molar-refractivity contribution in [2.45, 2.75) is 0 Å². The number of ether oxygens (including phenoxy) is 1. The molecule has 0 unspecified atom stereocenters. The molecule has 1 aromatic heterocycles. The predicted molar refractivity (Wildman–Crippen MR) is 60.0 cm³/mol. The van der Waals surface area contributed by atoms with E-state index in [1.807, 2.05) is 4.90 Å². The van der Waals surface area contributed by atoms with Crippen molar-refractivity contribution in [2.75, 3.05) is 36.9 Å². The van der Waals surface area contributed by atoms with Crippen LogP contribution in [0.25, 0.3) is 0 Å². The second-order valence-electron chi connectivity index (χ2n) is 3.19. The highest BCUT2D eigenvalue weighted by Crippen LogP contribution is 2.15. The molecule has 2 rings (SSSR count). The predicted octanol–water partition coefficient (Wildman–Crippen LogP) is -0.0488. The van der Waals surface area contributed by atoms with E-state index in [1.165, 1.54) is 0 Å². The fourth-order valence-corrected chi connectivity index (χ4v) is 1.58. The van der Waals surface area contributed by atoms with Crippen molar-refractivity contribution in [1.29, 1.82) is 0 Å². The summed E-state index contributed by atoms with van der Waals surface area (Å²) in [7, 11) is 0. The summed E-state index contributed by atoms with van der Waals surface area (Å²) in [5.74, 6) is 0.712. The van der Waals surface area contributed by atoms with Crippen LogP contribution in [0.2, 0.25) is 0 Å². The van der Waals surface area contributed by atoms with Crippen LogP contribution in [0.15, 0.2) is 9.27 Å². The number of anilines is 2. The topological polar surface area (TPSA) is 84.2 Å². The molecule has 1 aliphatic heterocycles. The highest BCUT2D eigenvalue weighted by Gasteiger charge is 2.15. The lowest BCUT2D eigenvalue weighted by atomic mass is 10.4. The molecule has 0 bridgehead atoms. The minimum absolute atomic E-state index is 0.209. The van der Waals surface area contributed by atoms with Gasteiger partial charge in [0, 0.05) is 13.1 Å². The van der Waals surface area contributed by atoms with Gasteiger partial charge in [0.25, 0.3) is 5.56 Å².